The van der Waals surface area contributed by atoms with E-state index in [2.05, 4.69) is 47.9 Å². The maximum atomic E-state index is 5.69. The molecular weight excluding hydrogens is 406 g/mol. The van der Waals surface area contributed by atoms with E-state index < -0.39 is 0 Å². The van der Waals surface area contributed by atoms with Crippen molar-refractivity contribution in [3.63, 3.8) is 0 Å². The Bertz CT molecular complexity index is 1170. The fraction of sp³-hybridized carbons (Fsp3) is 0.400. The summed E-state index contributed by atoms with van der Waals surface area (Å²) in [6, 6.07) is 10.9. The third-order valence-corrected chi connectivity index (χ3v) is 6.64. The predicted octanol–water partition coefficient (Wildman–Crippen LogP) is 3.89. The number of hydrogen-bond donors (Lipinski definition) is 0. The second-order valence-electron chi connectivity index (χ2n) is 8.86. The van der Waals surface area contributed by atoms with Gasteiger partial charge >= 0.3 is 0 Å². The van der Waals surface area contributed by atoms with E-state index in [1.54, 1.807) is 0 Å². The SMILES string of the molecule is CC(C)N1CCN(Cc2cc3c(cc2-c2cc4ccc5c(c4cn2)OCO5)OCO3)CC1. The average molecular weight is 434 g/mol. The molecule has 0 spiro atoms. The Hall–Kier alpha value is -3.03. The number of pyridine rings is 1. The van der Waals surface area contributed by atoms with Crippen molar-refractivity contribution in [1.29, 1.82) is 0 Å². The van der Waals surface area contributed by atoms with Crippen molar-refractivity contribution in [2.75, 3.05) is 39.8 Å². The standard InChI is InChI=1S/C25H27N3O4/c1-16(2)28-7-5-27(6-8-28)13-18-10-23-24(31-14-30-23)11-19(18)21-9-17-3-4-22-25(32-15-29-22)20(17)12-26-21/h3-4,9-12,16H,5-8,13-15H2,1-2H3. The molecule has 0 radical (unpaired) electrons. The van der Waals surface area contributed by atoms with Crippen molar-refractivity contribution in [2.24, 2.45) is 0 Å². The maximum absolute atomic E-state index is 5.69. The smallest absolute Gasteiger partial charge is 0.231 e. The van der Waals surface area contributed by atoms with Gasteiger partial charge in [0.05, 0.1) is 5.69 Å². The Morgan fingerprint density at radius 3 is 2.44 bits per heavy atom. The summed E-state index contributed by atoms with van der Waals surface area (Å²) in [7, 11) is 0. The monoisotopic (exact) mass is 433 g/mol. The van der Waals surface area contributed by atoms with Gasteiger partial charge in [-0.3, -0.25) is 14.8 Å². The number of hydrogen-bond acceptors (Lipinski definition) is 7. The Kier molecular flexibility index (Phi) is 4.81. The van der Waals surface area contributed by atoms with E-state index in [0.717, 1.165) is 77.8 Å². The molecule has 0 N–H and O–H groups in total. The number of ether oxygens (including phenoxy) is 4. The van der Waals surface area contributed by atoms with Crippen LogP contribution in [0, 0.1) is 0 Å². The number of benzene rings is 2. The van der Waals surface area contributed by atoms with Gasteiger partial charge < -0.3 is 18.9 Å². The van der Waals surface area contributed by atoms with Crippen LogP contribution in [0.4, 0.5) is 0 Å². The van der Waals surface area contributed by atoms with Gasteiger partial charge in [-0.25, -0.2) is 0 Å². The largest absolute Gasteiger partial charge is 0.454 e. The van der Waals surface area contributed by atoms with E-state index >= 15 is 0 Å². The zero-order chi connectivity index (χ0) is 21.7. The molecule has 0 unspecified atom stereocenters. The zero-order valence-corrected chi connectivity index (χ0v) is 18.5. The van der Waals surface area contributed by atoms with E-state index in [1.807, 2.05) is 12.3 Å². The lowest BCUT2D eigenvalue weighted by molar-refractivity contribution is 0.104. The van der Waals surface area contributed by atoms with Crippen LogP contribution in [0.5, 0.6) is 23.0 Å². The Labute approximate surface area is 187 Å². The molecule has 1 aromatic heterocycles. The molecule has 0 amide bonds. The molecule has 4 heterocycles. The first-order valence-corrected chi connectivity index (χ1v) is 11.2. The molecule has 0 atom stereocenters. The van der Waals surface area contributed by atoms with Crippen molar-refractivity contribution < 1.29 is 18.9 Å². The van der Waals surface area contributed by atoms with Gasteiger partial charge in [0.15, 0.2) is 23.0 Å². The molecule has 3 aliphatic rings. The van der Waals surface area contributed by atoms with Gasteiger partial charge in [0.25, 0.3) is 0 Å². The summed E-state index contributed by atoms with van der Waals surface area (Å²) < 4.78 is 22.5. The van der Waals surface area contributed by atoms with Crippen molar-refractivity contribution in [2.45, 2.75) is 26.4 Å². The quantitative estimate of drug-likeness (QED) is 0.619. The topological polar surface area (TPSA) is 56.3 Å². The number of fused-ring (bicyclic) bond motifs is 4. The second-order valence-corrected chi connectivity index (χ2v) is 8.86. The van der Waals surface area contributed by atoms with E-state index in [0.29, 0.717) is 6.04 Å². The van der Waals surface area contributed by atoms with Crippen LogP contribution in [-0.4, -0.2) is 60.6 Å². The summed E-state index contributed by atoms with van der Waals surface area (Å²) in [6.45, 7) is 10.2. The van der Waals surface area contributed by atoms with Crippen LogP contribution in [0.2, 0.25) is 0 Å². The lowest BCUT2D eigenvalue weighted by Crippen LogP contribution is -2.48. The third kappa shape index (κ3) is 3.42. The lowest BCUT2D eigenvalue weighted by Gasteiger charge is -2.37. The number of piperazine rings is 1. The van der Waals surface area contributed by atoms with Crippen molar-refractivity contribution >= 4 is 10.8 Å². The highest BCUT2D eigenvalue weighted by Gasteiger charge is 2.24. The van der Waals surface area contributed by atoms with Gasteiger partial charge in [-0.15, -0.1) is 0 Å². The lowest BCUT2D eigenvalue weighted by atomic mass is 10.00. The molecule has 2 aromatic carbocycles. The van der Waals surface area contributed by atoms with Gasteiger partial charge in [-0.1, -0.05) is 6.07 Å². The molecule has 0 aliphatic carbocycles. The molecule has 6 rings (SSSR count). The summed E-state index contributed by atoms with van der Waals surface area (Å²) in [5.74, 6) is 3.14. The zero-order valence-electron chi connectivity index (χ0n) is 18.5. The summed E-state index contributed by atoms with van der Waals surface area (Å²) in [5.41, 5.74) is 3.21. The molecule has 1 fully saturated rings. The summed E-state index contributed by atoms with van der Waals surface area (Å²) in [4.78, 5) is 9.86. The van der Waals surface area contributed by atoms with Crippen LogP contribution in [0.15, 0.2) is 36.5 Å². The molecule has 32 heavy (non-hydrogen) atoms. The van der Waals surface area contributed by atoms with E-state index in [1.165, 1.54) is 5.56 Å². The second kappa shape index (κ2) is 7.83. The minimum absolute atomic E-state index is 0.257. The van der Waals surface area contributed by atoms with E-state index in [4.69, 9.17) is 23.9 Å². The van der Waals surface area contributed by atoms with Crippen molar-refractivity contribution in [3.05, 3.63) is 42.1 Å². The van der Waals surface area contributed by atoms with Crippen LogP contribution >= 0.6 is 0 Å². The molecule has 0 saturated carbocycles. The predicted molar refractivity (Wildman–Crippen MR) is 121 cm³/mol. The summed E-state index contributed by atoms with van der Waals surface area (Å²) in [5, 5.41) is 2.05. The van der Waals surface area contributed by atoms with Crippen LogP contribution in [0.1, 0.15) is 19.4 Å². The van der Waals surface area contributed by atoms with Crippen LogP contribution < -0.4 is 18.9 Å². The Morgan fingerprint density at radius 1 is 0.875 bits per heavy atom. The van der Waals surface area contributed by atoms with E-state index in [-0.39, 0.29) is 13.6 Å². The fourth-order valence-corrected chi connectivity index (χ4v) is 4.77. The first-order chi connectivity index (χ1) is 15.7. The number of rotatable bonds is 4. The van der Waals surface area contributed by atoms with Crippen LogP contribution in [0.25, 0.3) is 22.0 Å². The Morgan fingerprint density at radius 2 is 1.62 bits per heavy atom. The van der Waals surface area contributed by atoms with Crippen LogP contribution in [-0.2, 0) is 6.54 Å². The molecule has 1 saturated heterocycles. The Balaban J connectivity index is 1.35. The average Bonchev–Trinajstić information content (AvgIpc) is 3.47. The first kappa shape index (κ1) is 19.6. The summed E-state index contributed by atoms with van der Waals surface area (Å²) in [6.07, 6.45) is 1.88. The van der Waals surface area contributed by atoms with E-state index in [9.17, 15) is 0 Å². The molecule has 0 bridgehead atoms. The first-order valence-electron chi connectivity index (χ1n) is 11.2. The molecule has 7 nitrogen and oxygen atoms in total. The van der Waals surface area contributed by atoms with Crippen molar-refractivity contribution in [3.8, 4) is 34.3 Å². The van der Waals surface area contributed by atoms with Gasteiger partial charge in [-0.05, 0) is 49.1 Å². The fourth-order valence-electron chi connectivity index (χ4n) is 4.77. The van der Waals surface area contributed by atoms with Crippen molar-refractivity contribution in [1.82, 2.24) is 14.8 Å². The third-order valence-electron chi connectivity index (χ3n) is 6.64. The highest BCUT2D eigenvalue weighted by Crippen LogP contribution is 2.42. The minimum atomic E-state index is 0.257. The van der Waals surface area contributed by atoms with Gasteiger partial charge in [0.2, 0.25) is 13.6 Å². The van der Waals surface area contributed by atoms with Gasteiger partial charge in [0.1, 0.15) is 0 Å². The maximum Gasteiger partial charge on any atom is 0.231 e. The molecule has 7 heteroatoms. The summed E-state index contributed by atoms with van der Waals surface area (Å²) >= 11 is 0. The highest BCUT2D eigenvalue weighted by atomic mass is 16.7. The van der Waals surface area contributed by atoms with Gasteiger partial charge in [-0.2, -0.15) is 0 Å². The molecular formula is C25H27N3O4. The number of aromatic nitrogens is 1. The molecule has 3 aliphatic heterocycles. The molecule has 3 aromatic rings. The normalized spacial score (nSPS) is 18.1. The van der Waals surface area contributed by atoms with Gasteiger partial charge in [0, 0.05) is 55.9 Å². The number of nitrogens with zero attached hydrogens (tertiary/aromatic N) is 3. The minimum Gasteiger partial charge on any atom is -0.454 e. The van der Waals surface area contributed by atoms with Crippen LogP contribution in [0.3, 0.4) is 0 Å². The molecule has 166 valence electrons. The highest BCUT2D eigenvalue weighted by molar-refractivity contribution is 5.93.